The molecule has 1 amide bonds. The van der Waals surface area contributed by atoms with Gasteiger partial charge >= 0.3 is 0 Å². The molecule has 0 spiro atoms. The van der Waals surface area contributed by atoms with E-state index in [4.69, 9.17) is 5.26 Å². The van der Waals surface area contributed by atoms with Crippen LogP contribution in [0.3, 0.4) is 0 Å². The number of aromatic nitrogens is 2. The Morgan fingerprint density at radius 2 is 2.18 bits per heavy atom. The number of imidazole rings is 1. The lowest BCUT2D eigenvalue weighted by atomic mass is 9.97. The molecule has 4 fully saturated rings. The monoisotopic (exact) mass is 401 g/mol. The zero-order valence-corrected chi connectivity index (χ0v) is 16.9. The molecule has 4 saturated carbocycles. The number of nitriles is 1. The number of carbonyl (C=O) groups is 1. The van der Waals surface area contributed by atoms with E-state index >= 15 is 0 Å². The normalized spacial score (nSPS) is 29.4. The molecule has 9 heteroatoms. The number of aliphatic imine (C=N–C) groups is 1. The Bertz CT molecular complexity index is 771. The molecule has 4 bridgehead atoms. The third kappa shape index (κ3) is 3.97. The average Bonchev–Trinajstić information content (AvgIpc) is 3.19. The van der Waals surface area contributed by atoms with Gasteiger partial charge in [0.25, 0.3) is 0 Å². The molecule has 28 heavy (non-hydrogen) atoms. The maximum absolute atomic E-state index is 12.4. The summed E-state index contributed by atoms with van der Waals surface area (Å²) in [6.07, 6.45) is 6.15. The molecule has 4 aliphatic rings. The predicted octanol–water partition coefficient (Wildman–Crippen LogP) is 0.986. The van der Waals surface area contributed by atoms with Crippen LogP contribution >= 0.6 is 11.8 Å². The first-order valence-corrected chi connectivity index (χ1v) is 11.1. The molecule has 1 heterocycles. The quantitative estimate of drug-likeness (QED) is 0.161. The Hall–Kier alpha value is -2.21. The maximum atomic E-state index is 12.4. The molecular weight excluding hydrogens is 374 g/mol. The van der Waals surface area contributed by atoms with E-state index < -0.39 is 0 Å². The van der Waals surface area contributed by atoms with Crippen molar-refractivity contribution in [3.63, 3.8) is 0 Å². The summed E-state index contributed by atoms with van der Waals surface area (Å²) >= 11 is 1.75. The number of aromatic amines is 1. The fourth-order valence-electron chi connectivity index (χ4n) is 5.06. The van der Waals surface area contributed by atoms with Gasteiger partial charge in [0.05, 0.1) is 18.6 Å². The standard InChI is InChI=1S/C19H27N7OS/c1-11-15(26-10-25-11)8-28-5-4-23-19(24-9-20)22-3-2-21-18(27)16-12-6-13-14(7-12)17(13)16/h10,12-14,16-17H,2-8H2,1H3,(H,21,27)(H,25,26)(H2,22,23,24). The molecule has 0 radical (unpaired) electrons. The van der Waals surface area contributed by atoms with Crippen molar-refractivity contribution in [1.82, 2.24) is 25.9 Å². The van der Waals surface area contributed by atoms with Gasteiger partial charge in [-0.05, 0) is 43.4 Å². The van der Waals surface area contributed by atoms with Crippen LogP contribution in [0.2, 0.25) is 0 Å². The van der Waals surface area contributed by atoms with Crippen molar-refractivity contribution >= 4 is 23.6 Å². The highest BCUT2D eigenvalue weighted by atomic mass is 32.2. The predicted molar refractivity (Wildman–Crippen MR) is 108 cm³/mol. The molecule has 4 aliphatic carbocycles. The van der Waals surface area contributed by atoms with Gasteiger partial charge in [0.2, 0.25) is 11.9 Å². The van der Waals surface area contributed by atoms with Crippen LogP contribution < -0.4 is 16.0 Å². The zero-order valence-electron chi connectivity index (χ0n) is 16.1. The van der Waals surface area contributed by atoms with E-state index in [1.807, 2.05) is 13.1 Å². The van der Waals surface area contributed by atoms with Crippen LogP contribution in [0, 0.1) is 48.0 Å². The molecule has 1 aromatic heterocycles. The summed E-state index contributed by atoms with van der Waals surface area (Å²) in [7, 11) is 0. The van der Waals surface area contributed by atoms with E-state index in [-0.39, 0.29) is 11.8 Å². The second kappa shape index (κ2) is 8.43. The SMILES string of the molecule is Cc1[nH]cnc1CSCCN=C(NC#N)NCCNC(=O)C1C2CC3C(C2)C31. The van der Waals surface area contributed by atoms with Gasteiger partial charge in [-0.25, -0.2) is 4.98 Å². The number of aryl methyl sites for hydroxylation is 1. The lowest BCUT2D eigenvalue weighted by Crippen LogP contribution is -2.41. The van der Waals surface area contributed by atoms with Gasteiger partial charge in [0.1, 0.15) is 0 Å². The fraction of sp³-hybridized carbons (Fsp3) is 0.684. The third-order valence-corrected chi connectivity index (χ3v) is 7.29. The Labute approximate surface area is 169 Å². The highest BCUT2D eigenvalue weighted by Gasteiger charge is 2.70. The topological polar surface area (TPSA) is 118 Å². The van der Waals surface area contributed by atoms with Gasteiger partial charge in [-0.2, -0.15) is 17.0 Å². The number of nitrogens with one attached hydrogen (secondary N) is 4. The summed E-state index contributed by atoms with van der Waals surface area (Å²) < 4.78 is 0. The smallest absolute Gasteiger partial charge is 0.223 e. The van der Waals surface area contributed by atoms with Gasteiger partial charge in [0.15, 0.2) is 6.19 Å². The van der Waals surface area contributed by atoms with Crippen LogP contribution in [0.5, 0.6) is 0 Å². The number of amides is 1. The molecule has 150 valence electrons. The molecule has 4 N–H and O–H groups in total. The first kappa shape index (κ1) is 19.1. The minimum Gasteiger partial charge on any atom is -0.354 e. The van der Waals surface area contributed by atoms with Crippen molar-refractivity contribution < 1.29 is 4.79 Å². The third-order valence-electron chi connectivity index (χ3n) is 6.34. The van der Waals surface area contributed by atoms with E-state index in [1.54, 1.807) is 18.1 Å². The molecule has 0 aromatic carbocycles. The summed E-state index contributed by atoms with van der Waals surface area (Å²) in [4.78, 5) is 24.1. The van der Waals surface area contributed by atoms with Crippen molar-refractivity contribution in [3.8, 4) is 6.19 Å². The summed E-state index contributed by atoms with van der Waals surface area (Å²) in [5.41, 5.74) is 2.16. The Kier molecular flexibility index (Phi) is 5.76. The van der Waals surface area contributed by atoms with Crippen molar-refractivity contribution in [1.29, 1.82) is 5.26 Å². The number of thioether (sulfide) groups is 1. The number of hydrogen-bond donors (Lipinski definition) is 4. The van der Waals surface area contributed by atoms with E-state index in [0.29, 0.717) is 37.4 Å². The second-order valence-electron chi connectivity index (χ2n) is 7.87. The van der Waals surface area contributed by atoms with E-state index in [2.05, 4.69) is 30.9 Å². The minimum atomic E-state index is 0.219. The molecule has 3 atom stereocenters. The van der Waals surface area contributed by atoms with Crippen LogP contribution in [0.4, 0.5) is 0 Å². The summed E-state index contributed by atoms with van der Waals surface area (Å²) in [6.45, 7) is 3.71. The highest BCUT2D eigenvalue weighted by molar-refractivity contribution is 7.98. The second-order valence-corrected chi connectivity index (χ2v) is 8.98. The van der Waals surface area contributed by atoms with Gasteiger partial charge < -0.3 is 15.6 Å². The number of rotatable bonds is 9. The van der Waals surface area contributed by atoms with Crippen LogP contribution in [-0.2, 0) is 10.5 Å². The van der Waals surface area contributed by atoms with Crippen LogP contribution in [0.1, 0.15) is 24.2 Å². The largest absolute Gasteiger partial charge is 0.354 e. The van der Waals surface area contributed by atoms with Crippen LogP contribution in [0.15, 0.2) is 11.3 Å². The molecule has 1 aromatic rings. The van der Waals surface area contributed by atoms with Gasteiger partial charge in [-0.3, -0.25) is 15.1 Å². The number of guanidine groups is 1. The zero-order chi connectivity index (χ0) is 19.5. The number of H-pyrrole nitrogens is 1. The first-order valence-electron chi connectivity index (χ1n) is 9.96. The fourth-order valence-corrected chi connectivity index (χ4v) is 5.91. The minimum absolute atomic E-state index is 0.219. The Morgan fingerprint density at radius 3 is 2.82 bits per heavy atom. The first-order chi connectivity index (χ1) is 13.7. The van der Waals surface area contributed by atoms with E-state index in [0.717, 1.165) is 34.7 Å². The maximum Gasteiger partial charge on any atom is 0.223 e. The Morgan fingerprint density at radius 1 is 1.39 bits per heavy atom. The Balaban J connectivity index is 1.11. The summed E-state index contributed by atoms with van der Waals surface area (Å²) in [5.74, 6) is 5.64. The van der Waals surface area contributed by atoms with Crippen LogP contribution in [0.25, 0.3) is 0 Å². The number of carbonyl (C=O) groups excluding carboxylic acids is 1. The van der Waals surface area contributed by atoms with Crippen molar-refractivity contribution in [2.75, 3.05) is 25.4 Å². The van der Waals surface area contributed by atoms with Crippen LogP contribution in [-0.4, -0.2) is 47.2 Å². The number of hydrogen-bond acceptors (Lipinski definition) is 5. The van der Waals surface area contributed by atoms with Gasteiger partial charge in [0, 0.05) is 36.2 Å². The van der Waals surface area contributed by atoms with Crippen molar-refractivity contribution in [2.45, 2.75) is 25.5 Å². The molecule has 8 nitrogen and oxygen atoms in total. The van der Waals surface area contributed by atoms with Crippen molar-refractivity contribution in [3.05, 3.63) is 17.7 Å². The number of nitrogens with zero attached hydrogens (tertiary/aromatic N) is 3. The molecule has 5 rings (SSSR count). The molecule has 0 aliphatic heterocycles. The van der Waals surface area contributed by atoms with Gasteiger partial charge in [-0.15, -0.1) is 0 Å². The average molecular weight is 402 g/mol. The summed E-state index contributed by atoms with van der Waals surface area (Å²) in [6, 6.07) is 0. The molecule has 3 unspecified atom stereocenters. The lowest BCUT2D eigenvalue weighted by Gasteiger charge is -2.15. The van der Waals surface area contributed by atoms with E-state index in [1.165, 1.54) is 12.8 Å². The van der Waals surface area contributed by atoms with Gasteiger partial charge in [-0.1, -0.05) is 0 Å². The van der Waals surface area contributed by atoms with E-state index in [9.17, 15) is 4.79 Å². The van der Waals surface area contributed by atoms with Crippen molar-refractivity contribution in [2.24, 2.45) is 34.6 Å². The lowest BCUT2D eigenvalue weighted by molar-refractivity contribution is -0.126. The summed E-state index contributed by atoms with van der Waals surface area (Å²) in [5, 5.41) is 17.6. The molecule has 0 saturated heterocycles. The highest BCUT2D eigenvalue weighted by Crippen LogP contribution is 2.73. The molecular formula is C19H27N7OS.